The molecule has 3 saturated heterocycles. The third kappa shape index (κ3) is 5.65. The second-order valence-corrected chi connectivity index (χ2v) is 10.4. The van der Waals surface area contributed by atoms with Crippen molar-refractivity contribution in [1.82, 2.24) is 14.7 Å². The number of hydrogen-bond acceptors (Lipinski definition) is 6. The molecule has 5 rings (SSSR count). The van der Waals surface area contributed by atoms with E-state index in [9.17, 15) is 24.1 Å². The van der Waals surface area contributed by atoms with Gasteiger partial charge in [0.2, 0.25) is 5.91 Å². The van der Waals surface area contributed by atoms with Crippen LogP contribution >= 0.6 is 0 Å². The van der Waals surface area contributed by atoms with Crippen LogP contribution in [0.1, 0.15) is 36.0 Å². The van der Waals surface area contributed by atoms with Gasteiger partial charge in [-0.3, -0.25) is 19.7 Å². The van der Waals surface area contributed by atoms with Crippen LogP contribution in [0.15, 0.2) is 48.5 Å². The highest BCUT2D eigenvalue weighted by Crippen LogP contribution is 2.27. The van der Waals surface area contributed by atoms with Crippen molar-refractivity contribution in [1.29, 1.82) is 0 Å². The maximum Gasteiger partial charge on any atom is 0.270 e. The minimum Gasteiger partial charge on any atom is -0.366 e. The van der Waals surface area contributed by atoms with Gasteiger partial charge < -0.3 is 19.6 Å². The van der Waals surface area contributed by atoms with Crippen LogP contribution in [-0.4, -0.2) is 89.8 Å². The van der Waals surface area contributed by atoms with E-state index >= 15 is 0 Å². The fraction of sp³-hybridized carbons (Fsp3) is 0.500. The second kappa shape index (κ2) is 11.5. The summed E-state index contributed by atoms with van der Waals surface area (Å²) in [5.41, 5.74) is 0.882. The molecule has 0 aliphatic carbocycles. The highest BCUT2D eigenvalue weighted by Gasteiger charge is 2.34. The smallest absolute Gasteiger partial charge is 0.270 e. The Balaban J connectivity index is 1.06. The largest absolute Gasteiger partial charge is 0.366 e. The summed E-state index contributed by atoms with van der Waals surface area (Å²) in [5, 5.41) is 11.0. The fourth-order valence-corrected chi connectivity index (χ4v) is 6.01. The summed E-state index contributed by atoms with van der Waals surface area (Å²) in [6.45, 7) is 5.49. The predicted octanol–water partition coefficient (Wildman–Crippen LogP) is 3.40. The van der Waals surface area contributed by atoms with E-state index in [1.807, 2.05) is 15.9 Å². The number of piperidine rings is 2. The highest BCUT2D eigenvalue weighted by atomic mass is 19.1. The molecule has 3 fully saturated rings. The van der Waals surface area contributed by atoms with Crippen LogP contribution < -0.4 is 4.90 Å². The van der Waals surface area contributed by atoms with E-state index in [0.29, 0.717) is 56.6 Å². The Morgan fingerprint density at radius 1 is 0.816 bits per heavy atom. The van der Waals surface area contributed by atoms with Gasteiger partial charge >= 0.3 is 0 Å². The van der Waals surface area contributed by atoms with Gasteiger partial charge in [0.15, 0.2) is 0 Å². The highest BCUT2D eigenvalue weighted by molar-refractivity contribution is 5.94. The summed E-state index contributed by atoms with van der Waals surface area (Å²) < 4.78 is 14.1. The van der Waals surface area contributed by atoms with Gasteiger partial charge in [-0.25, -0.2) is 4.39 Å². The molecule has 0 N–H and O–H groups in total. The van der Waals surface area contributed by atoms with Crippen molar-refractivity contribution in [2.75, 3.05) is 57.3 Å². The molecule has 0 atom stereocenters. The molecule has 0 aromatic heterocycles. The monoisotopic (exact) mass is 523 g/mol. The van der Waals surface area contributed by atoms with Crippen molar-refractivity contribution >= 4 is 23.2 Å². The van der Waals surface area contributed by atoms with Crippen LogP contribution in [0.5, 0.6) is 0 Å². The molecule has 0 saturated carbocycles. The predicted molar refractivity (Wildman–Crippen MR) is 142 cm³/mol. The van der Waals surface area contributed by atoms with E-state index in [0.717, 1.165) is 38.8 Å². The molecule has 3 heterocycles. The lowest BCUT2D eigenvalue weighted by Crippen LogP contribution is -2.53. The molecule has 2 amide bonds. The number of nitro groups is 1. The second-order valence-electron chi connectivity index (χ2n) is 10.4. The molecule has 2 aromatic rings. The maximum atomic E-state index is 14.1. The van der Waals surface area contributed by atoms with Gasteiger partial charge in [0.25, 0.3) is 11.6 Å². The third-order valence-corrected chi connectivity index (χ3v) is 8.24. The zero-order valence-corrected chi connectivity index (χ0v) is 21.5. The summed E-state index contributed by atoms with van der Waals surface area (Å²) >= 11 is 0. The van der Waals surface area contributed by atoms with Crippen molar-refractivity contribution in [3.8, 4) is 0 Å². The van der Waals surface area contributed by atoms with Crippen molar-refractivity contribution in [3.05, 3.63) is 70.0 Å². The minimum absolute atomic E-state index is 0.0294. The summed E-state index contributed by atoms with van der Waals surface area (Å²) in [4.78, 5) is 44.8. The lowest BCUT2D eigenvalue weighted by atomic mass is 9.92. The number of piperazine rings is 1. The van der Waals surface area contributed by atoms with Crippen molar-refractivity contribution in [2.24, 2.45) is 5.92 Å². The van der Waals surface area contributed by atoms with Gasteiger partial charge in [0.05, 0.1) is 10.6 Å². The van der Waals surface area contributed by atoms with E-state index in [1.54, 1.807) is 29.2 Å². The molecule has 3 aliphatic rings. The van der Waals surface area contributed by atoms with Crippen LogP contribution in [0.2, 0.25) is 0 Å². The van der Waals surface area contributed by atoms with Crippen molar-refractivity contribution in [2.45, 2.75) is 31.7 Å². The number of hydrogen-bond donors (Lipinski definition) is 0. The normalized spacial score (nSPS) is 20.0. The van der Waals surface area contributed by atoms with E-state index < -0.39 is 4.92 Å². The van der Waals surface area contributed by atoms with E-state index in [4.69, 9.17) is 0 Å². The Labute approximate surface area is 221 Å². The van der Waals surface area contributed by atoms with Crippen LogP contribution in [0.4, 0.5) is 15.8 Å². The SMILES string of the molecule is O=C(c1cccc([N+](=O)[O-])c1)N1CCC(N2CCC(C(=O)N3CCN(c4ccccc4F)CC3)CC2)CC1. The Morgan fingerprint density at radius 3 is 2.16 bits per heavy atom. The van der Waals surface area contributed by atoms with Crippen LogP contribution in [0.25, 0.3) is 0 Å². The van der Waals surface area contributed by atoms with E-state index in [2.05, 4.69) is 4.90 Å². The average Bonchev–Trinajstić information content (AvgIpc) is 2.97. The zero-order valence-electron chi connectivity index (χ0n) is 21.5. The molecule has 0 radical (unpaired) electrons. The van der Waals surface area contributed by atoms with Gasteiger partial charge in [-0.2, -0.15) is 0 Å². The minimum atomic E-state index is -0.483. The standard InChI is InChI=1S/C28H34FN5O4/c29-25-6-1-2-7-26(25)31-16-18-33(19-17-31)27(35)21-8-12-30(13-9-21)23-10-14-32(15-11-23)28(36)22-4-3-5-24(20-22)34(37)38/h1-7,20-21,23H,8-19H2. The Morgan fingerprint density at radius 2 is 1.50 bits per heavy atom. The summed E-state index contributed by atoms with van der Waals surface area (Å²) in [6, 6.07) is 13.1. The molecule has 3 aliphatic heterocycles. The fourth-order valence-electron chi connectivity index (χ4n) is 6.01. The lowest BCUT2D eigenvalue weighted by Gasteiger charge is -2.43. The number of benzene rings is 2. The number of anilines is 1. The number of rotatable bonds is 5. The molecule has 9 nitrogen and oxygen atoms in total. The van der Waals surface area contributed by atoms with E-state index in [-0.39, 0.29) is 29.2 Å². The Kier molecular flexibility index (Phi) is 7.87. The third-order valence-electron chi connectivity index (χ3n) is 8.24. The number of amides is 2. The summed E-state index contributed by atoms with van der Waals surface area (Å²) in [6.07, 6.45) is 3.38. The molecule has 202 valence electrons. The van der Waals surface area contributed by atoms with E-state index in [1.165, 1.54) is 18.2 Å². The maximum absolute atomic E-state index is 14.1. The molecule has 0 unspecified atom stereocenters. The van der Waals surface area contributed by atoms with Crippen LogP contribution in [0, 0.1) is 21.8 Å². The molecule has 2 aromatic carbocycles. The molecule has 0 spiro atoms. The first-order valence-corrected chi connectivity index (χ1v) is 13.5. The average molecular weight is 524 g/mol. The topological polar surface area (TPSA) is 90.2 Å². The number of nitro benzene ring substituents is 1. The zero-order chi connectivity index (χ0) is 26.6. The van der Waals surface area contributed by atoms with Gasteiger partial charge in [0, 0.05) is 68.9 Å². The number of non-ortho nitro benzene ring substituents is 1. The van der Waals surface area contributed by atoms with Crippen LogP contribution in [0.3, 0.4) is 0 Å². The number of carbonyl (C=O) groups is 2. The van der Waals surface area contributed by atoms with Crippen molar-refractivity contribution in [3.63, 3.8) is 0 Å². The van der Waals surface area contributed by atoms with Crippen LogP contribution in [-0.2, 0) is 4.79 Å². The first-order chi connectivity index (χ1) is 18.4. The van der Waals surface area contributed by atoms with Gasteiger partial charge in [0.1, 0.15) is 5.82 Å². The summed E-state index contributed by atoms with van der Waals surface area (Å²) in [7, 11) is 0. The number of carbonyl (C=O) groups excluding carboxylic acids is 2. The van der Waals surface area contributed by atoms with Gasteiger partial charge in [-0.05, 0) is 57.0 Å². The lowest BCUT2D eigenvalue weighted by molar-refractivity contribution is -0.384. The number of para-hydroxylation sites is 1. The molecule has 38 heavy (non-hydrogen) atoms. The Hall–Kier alpha value is -3.53. The number of likely N-dealkylation sites (tertiary alicyclic amines) is 2. The molecular weight excluding hydrogens is 489 g/mol. The number of nitrogens with zero attached hydrogens (tertiary/aromatic N) is 5. The summed E-state index contributed by atoms with van der Waals surface area (Å²) in [5.74, 6) is -0.137. The molecular formula is C28H34FN5O4. The van der Waals surface area contributed by atoms with Gasteiger partial charge in [-0.1, -0.05) is 18.2 Å². The van der Waals surface area contributed by atoms with Crippen molar-refractivity contribution < 1.29 is 18.9 Å². The molecule has 0 bridgehead atoms. The quantitative estimate of drug-likeness (QED) is 0.441. The number of halogens is 1. The molecule has 10 heteroatoms. The van der Waals surface area contributed by atoms with Gasteiger partial charge in [-0.15, -0.1) is 0 Å². The first kappa shape index (κ1) is 26.1. The first-order valence-electron chi connectivity index (χ1n) is 13.5. The Bertz CT molecular complexity index is 1170.